The lowest BCUT2D eigenvalue weighted by atomic mass is 10.1. The summed E-state index contributed by atoms with van der Waals surface area (Å²) in [6, 6.07) is 4.71. The van der Waals surface area contributed by atoms with Crippen LogP contribution < -0.4 is 0 Å². The molecule has 0 unspecified atom stereocenters. The quantitative estimate of drug-likeness (QED) is 0.646. The number of rotatable bonds is 1. The second-order valence-electron chi connectivity index (χ2n) is 3.20. The van der Waals surface area contributed by atoms with Gasteiger partial charge in [0.25, 0.3) is 0 Å². The molecule has 0 atom stereocenters. The molecule has 2 aromatic rings. The Morgan fingerprint density at radius 3 is 2.31 bits per heavy atom. The van der Waals surface area contributed by atoms with Crippen LogP contribution in [0.1, 0.15) is 5.56 Å². The van der Waals surface area contributed by atoms with Gasteiger partial charge in [0.1, 0.15) is 5.82 Å². The molecule has 84 valence electrons. The Labute approximate surface area is 93.2 Å². The van der Waals surface area contributed by atoms with E-state index in [-0.39, 0.29) is 0 Å². The van der Waals surface area contributed by atoms with Crippen LogP contribution in [-0.4, -0.2) is 0 Å². The molecule has 0 amide bonds. The molecular weight excluding hydrogens is 240 g/mol. The van der Waals surface area contributed by atoms with Crippen molar-refractivity contribution in [2.45, 2.75) is 6.18 Å². The number of halogens is 4. The monoisotopic (exact) mass is 246 g/mol. The molecule has 0 bridgehead atoms. The predicted octanol–water partition coefficient (Wildman–Crippen LogP) is 4.57. The minimum absolute atomic E-state index is 0.370. The molecule has 0 fully saturated rings. The first-order valence-electron chi connectivity index (χ1n) is 4.38. The molecule has 0 aliphatic rings. The zero-order chi connectivity index (χ0) is 11.8. The highest BCUT2D eigenvalue weighted by Crippen LogP contribution is 2.34. The van der Waals surface area contributed by atoms with E-state index in [9.17, 15) is 17.6 Å². The second kappa shape index (κ2) is 3.90. The van der Waals surface area contributed by atoms with Crippen molar-refractivity contribution < 1.29 is 17.6 Å². The Morgan fingerprint density at radius 1 is 1.00 bits per heavy atom. The van der Waals surface area contributed by atoms with Crippen LogP contribution in [0.25, 0.3) is 11.1 Å². The van der Waals surface area contributed by atoms with E-state index >= 15 is 0 Å². The van der Waals surface area contributed by atoms with Gasteiger partial charge in [-0.2, -0.15) is 24.5 Å². The third-order valence-electron chi connectivity index (χ3n) is 2.13. The third-order valence-corrected chi connectivity index (χ3v) is 2.81. The van der Waals surface area contributed by atoms with E-state index in [1.807, 2.05) is 0 Å². The van der Waals surface area contributed by atoms with Crippen molar-refractivity contribution in [1.29, 1.82) is 0 Å². The van der Waals surface area contributed by atoms with E-state index in [0.717, 1.165) is 12.1 Å². The highest BCUT2D eigenvalue weighted by molar-refractivity contribution is 7.08. The SMILES string of the molecule is Fc1ccc(-c2ccsc2)cc1C(F)(F)F. The largest absolute Gasteiger partial charge is 0.419 e. The first kappa shape index (κ1) is 11.1. The van der Waals surface area contributed by atoms with Crippen LogP contribution in [0.3, 0.4) is 0 Å². The van der Waals surface area contributed by atoms with Gasteiger partial charge in [-0.15, -0.1) is 0 Å². The van der Waals surface area contributed by atoms with E-state index in [2.05, 4.69) is 0 Å². The van der Waals surface area contributed by atoms with E-state index < -0.39 is 17.6 Å². The summed E-state index contributed by atoms with van der Waals surface area (Å²) >= 11 is 1.38. The van der Waals surface area contributed by atoms with Crippen LogP contribution in [0.2, 0.25) is 0 Å². The van der Waals surface area contributed by atoms with Gasteiger partial charge in [-0.3, -0.25) is 0 Å². The minimum atomic E-state index is -4.66. The molecule has 5 heteroatoms. The summed E-state index contributed by atoms with van der Waals surface area (Å²) in [5, 5.41) is 3.47. The topological polar surface area (TPSA) is 0 Å². The minimum Gasteiger partial charge on any atom is -0.206 e. The van der Waals surface area contributed by atoms with Gasteiger partial charge in [-0.25, -0.2) is 4.39 Å². The maximum Gasteiger partial charge on any atom is 0.419 e. The Morgan fingerprint density at radius 2 is 1.75 bits per heavy atom. The van der Waals surface area contributed by atoms with Crippen molar-refractivity contribution in [2.24, 2.45) is 0 Å². The van der Waals surface area contributed by atoms with Crippen molar-refractivity contribution >= 4 is 11.3 Å². The number of alkyl halides is 3. The average Bonchev–Trinajstić information content (AvgIpc) is 2.69. The standard InChI is InChI=1S/C11H6F4S/c12-10-2-1-7(8-3-4-16-6-8)5-9(10)11(13,14)15/h1-6H. The smallest absolute Gasteiger partial charge is 0.206 e. The molecule has 0 nitrogen and oxygen atoms in total. The lowest BCUT2D eigenvalue weighted by molar-refractivity contribution is -0.139. The van der Waals surface area contributed by atoms with Crippen molar-refractivity contribution in [3.63, 3.8) is 0 Å². The fourth-order valence-corrected chi connectivity index (χ4v) is 2.02. The van der Waals surface area contributed by atoms with Gasteiger partial charge in [0, 0.05) is 0 Å². The average molecular weight is 246 g/mol. The van der Waals surface area contributed by atoms with Gasteiger partial charge in [-0.05, 0) is 40.1 Å². The van der Waals surface area contributed by atoms with Crippen LogP contribution >= 0.6 is 11.3 Å². The number of hydrogen-bond acceptors (Lipinski definition) is 1. The van der Waals surface area contributed by atoms with Crippen molar-refractivity contribution in [3.8, 4) is 11.1 Å². The molecule has 0 spiro atoms. The number of thiophene rings is 1. The fraction of sp³-hybridized carbons (Fsp3) is 0.0909. The molecule has 0 saturated carbocycles. The zero-order valence-electron chi connectivity index (χ0n) is 7.88. The van der Waals surface area contributed by atoms with Gasteiger partial charge in [0.2, 0.25) is 0 Å². The maximum atomic E-state index is 13.0. The van der Waals surface area contributed by atoms with Gasteiger partial charge < -0.3 is 0 Å². The first-order valence-corrected chi connectivity index (χ1v) is 5.32. The van der Waals surface area contributed by atoms with Crippen LogP contribution in [0.15, 0.2) is 35.0 Å². The van der Waals surface area contributed by atoms with Gasteiger partial charge in [0.15, 0.2) is 0 Å². The van der Waals surface area contributed by atoms with Crippen molar-refractivity contribution in [2.75, 3.05) is 0 Å². The summed E-state index contributed by atoms with van der Waals surface area (Å²) in [5.41, 5.74) is -0.193. The molecular formula is C11H6F4S. The van der Waals surface area contributed by atoms with Crippen molar-refractivity contribution in [1.82, 2.24) is 0 Å². The molecule has 1 aromatic carbocycles. The van der Waals surface area contributed by atoms with E-state index in [1.54, 1.807) is 16.8 Å². The lowest BCUT2D eigenvalue weighted by Crippen LogP contribution is -2.07. The molecule has 16 heavy (non-hydrogen) atoms. The summed E-state index contributed by atoms with van der Waals surface area (Å²) in [6.45, 7) is 0. The van der Waals surface area contributed by atoms with Crippen LogP contribution in [0, 0.1) is 5.82 Å². The summed E-state index contributed by atoms with van der Waals surface area (Å²) in [7, 11) is 0. The second-order valence-corrected chi connectivity index (χ2v) is 3.98. The molecule has 0 saturated heterocycles. The van der Waals surface area contributed by atoms with Crippen LogP contribution in [0.5, 0.6) is 0 Å². The summed E-state index contributed by atoms with van der Waals surface area (Å²) in [5.74, 6) is -1.24. The zero-order valence-corrected chi connectivity index (χ0v) is 8.70. The van der Waals surface area contributed by atoms with Gasteiger partial charge in [0.05, 0.1) is 5.56 Å². The first-order chi connectivity index (χ1) is 7.48. The fourth-order valence-electron chi connectivity index (χ4n) is 1.35. The van der Waals surface area contributed by atoms with Crippen LogP contribution in [0.4, 0.5) is 17.6 Å². The lowest BCUT2D eigenvalue weighted by Gasteiger charge is -2.09. The number of benzene rings is 1. The number of hydrogen-bond donors (Lipinski definition) is 0. The maximum absolute atomic E-state index is 13.0. The third kappa shape index (κ3) is 2.09. The predicted molar refractivity (Wildman–Crippen MR) is 54.7 cm³/mol. The normalized spacial score (nSPS) is 11.8. The molecule has 0 N–H and O–H groups in total. The Hall–Kier alpha value is -1.36. The Balaban J connectivity index is 2.52. The Bertz CT molecular complexity index is 485. The molecule has 1 heterocycles. The molecule has 2 rings (SSSR count). The molecule has 0 radical (unpaired) electrons. The summed E-state index contributed by atoms with van der Waals surface area (Å²) < 4.78 is 50.3. The van der Waals surface area contributed by atoms with E-state index in [1.165, 1.54) is 17.4 Å². The molecule has 0 aliphatic heterocycles. The highest BCUT2D eigenvalue weighted by atomic mass is 32.1. The molecule has 0 aliphatic carbocycles. The van der Waals surface area contributed by atoms with Crippen LogP contribution in [-0.2, 0) is 6.18 Å². The van der Waals surface area contributed by atoms with Gasteiger partial charge in [-0.1, -0.05) is 6.07 Å². The van der Waals surface area contributed by atoms with E-state index in [0.29, 0.717) is 11.1 Å². The highest BCUT2D eigenvalue weighted by Gasteiger charge is 2.34. The summed E-state index contributed by atoms with van der Waals surface area (Å²) in [4.78, 5) is 0. The Kier molecular flexibility index (Phi) is 2.71. The molecule has 1 aromatic heterocycles. The van der Waals surface area contributed by atoms with E-state index in [4.69, 9.17) is 0 Å². The summed E-state index contributed by atoms with van der Waals surface area (Å²) in [6.07, 6.45) is -4.66. The van der Waals surface area contributed by atoms with Crippen molar-refractivity contribution in [3.05, 3.63) is 46.4 Å². The van der Waals surface area contributed by atoms with Gasteiger partial charge >= 0.3 is 6.18 Å².